The number of rotatable bonds is 4. The molecule has 2 aromatic rings. The first kappa shape index (κ1) is 14.3. The third-order valence-electron chi connectivity index (χ3n) is 4.69. The van der Waals surface area contributed by atoms with Crippen molar-refractivity contribution in [3.63, 3.8) is 0 Å². The molecule has 1 aromatic carbocycles. The first-order valence-corrected chi connectivity index (χ1v) is 7.83. The summed E-state index contributed by atoms with van der Waals surface area (Å²) in [5.41, 5.74) is 7.82. The van der Waals surface area contributed by atoms with Gasteiger partial charge in [-0.15, -0.1) is 5.10 Å². The number of anilines is 1. The maximum atomic E-state index is 6.08. The number of tetrazole rings is 1. The minimum atomic E-state index is 0.317. The highest BCUT2D eigenvalue weighted by molar-refractivity contribution is 6.31. The van der Waals surface area contributed by atoms with Gasteiger partial charge in [0.25, 0.3) is 0 Å². The molecule has 0 aliphatic heterocycles. The average Bonchev–Trinajstić information content (AvgIpc) is 3.12. The summed E-state index contributed by atoms with van der Waals surface area (Å²) in [5.74, 6) is 0.703. The topological polar surface area (TPSA) is 69.6 Å². The lowest BCUT2D eigenvalue weighted by Gasteiger charge is -2.27. The van der Waals surface area contributed by atoms with Crippen LogP contribution in [-0.4, -0.2) is 20.2 Å². The molecule has 1 aliphatic carbocycles. The number of nitrogens with zero attached hydrogens (tertiary/aromatic N) is 4. The maximum Gasteiger partial charge on any atom is 0.184 e. The van der Waals surface area contributed by atoms with E-state index in [0.29, 0.717) is 21.9 Å². The fourth-order valence-electron chi connectivity index (χ4n) is 3.29. The van der Waals surface area contributed by atoms with Gasteiger partial charge in [0, 0.05) is 16.3 Å². The molecule has 0 unspecified atom stereocenters. The van der Waals surface area contributed by atoms with E-state index in [1.54, 1.807) is 12.1 Å². The third kappa shape index (κ3) is 2.75. The molecule has 21 heavy (non-hydrogen) atoms. The molecule has 0 bridgehead atoms. The first-order valence-electron chi connectivity index (χ1n) is 7.45. The van der Waals surface area contributed by atoms with Crippen molar-refractivity contribution < 1.29 is 0 Å². The highest BCUT2D eigenvalue weighted by Crippen LogP contribution is 2.42. The summed E-state index contributed by atoms with van der Waals surface area (Å²) in [6.45, 7) is 3.10. The van der Waals surface area contributed by atoms with E-state index in [1.807, 2.05) is 10.7 Å². The van der Waals surface area contributed by atoms with Crippen molar-refractivity contribution in [3.05, 3.63) is 23.2 Å². The van der Waals surface area contributed by atoms with Crippen LogP contribution in [0.1, 0.15) is 39.0 Å². The largest absolute Gasteiger partial charge is 0.398 e. The lowest BCUT2D eigenvalue weighted by atomic mass is 9.83. The zero-order valence-corrected chi connectivity index (χ0v) is 13.0. The molecule has 0 atom stereocenters. The Morgan fingerprint density at radius 1 is 1.33 bits per heavy atom. The van der Waals surface area contributed by atoms with Crippen LogP contribution in [0.15, 0.2) is 18.2 Å². The van der Waals surface area contributed by atoms with Crippen LogP contribution in [0.2, 0.25) is 5.02 Å². The van der Waals surface area contributed by atoms with E-state index < -0.39 is 0 Å². The lowest BCUT2D eigenvalue weighted by Crippen LogP contribution is -2.24. The summed E-state index contributed by atoms with van der Waals surface area (Å²) in [7, 11) is 0. The molecule has 3 rings (SSSR count). The maximum absolute atomic E-state index is 6.08. The normalized spacial score (nSPS) is 17.2. The van der Waals surface area contributed by atoms with Crippen molar-refractivity contribution in [2.45, 2.75) is 45.6 Å². The molecule has 1 aromatic heterocycles. The van der Waals surface area contributed by atoms with Crippen molar-refractivity contribution in [1.29, 1.82) is 0 Å². The Bertz CT molecular complexity index is 631. The van der Waals surface area contributed by atoms with Crippen molar-refractivity contribution in [1.82, 2.24) is 20.2 Å². The van der Waals surface area contributed by atoms with Gasteiger partial charge in [-0.25, -0.2) is 4.68 Å². The van der Waals surface area contributed by atoms with E-state index in [-0.39, 0.29) is 0 Å². The van der Waals surface area contributed by atoms with Crippen LogP contribution in [0.3, 0.4) is 0 Å². The van der Waals surface area contributed by atoms with Gasteiger partial charge >= 0.3 is 0 Å². The number of hydrogen-bond donors (Lipinski definition) is 1. The van der Waals surface area contributed by atoms with Crippen molar-refractivity contribution in [2.24, 2.45) is 5.41 Å². The summed E-state index contributed by atoms with van der Waals surface area (Å²) < 4.78 is 1.89. The summed E-state index contributed by atoms with van der Waals surface area (Å²) in [5, 5.41) is 12.8. The van der Waals surface area contributed by atoms with E-state index >= 15 is 0 Å². The van der Waals surface area contributed by atoms with Crippen LogP contribution in [0, 0.1) is 5.41 Å². The number of halogens is 1. The number of benzene rings is 1. The van der Waals surface area contributed by atoms with Gasteiger partial charge in [0.05, 0.1) is 6.54 Å². The number of nitrogens with two attached hydrogens (primary N) is 1. The van der Waals surface area contributed by atoms with Gasteiger partial charge in [0.1, 0.15) is 0 Å². The predicted octanol–water partition coefficient (Wildman–Crippen LogP) is 3.55. The lowest BCUT2D eigenvalue weighted by molar-refractivity contribution is 0.226. The predicted molar refractivity (Wildman–Crippen MR) is 83.9 cm³/mol. The van der Waals surface area contributed by atoms with Gasteiger partial charge in [-0.05, 0) is 53.3 Å². The Kier molecular flexibility index (Phi) is 3.85. The molecule has 5 nitrogen and oxygen atoms in total. The molecule has 1 heterocycles. The Balaban J connectivity index is 1.96. The van der Waals surface area contributed by atoms with Crippen LogP contribution in [0.4, 0.5) is 5.69 Å². The molecule has 6 heteroatoms. The Labute approximate surface area is 129 Å². The quantitative estimate of drug-likeness (QED) is 0.877. The van der Waals surface area contributed by atoms with Crippen molar-refractivity contribution >= 4 is 17.3 Å². The standard InChI is InChI=1S/C15H20ClN5/c1-2-15(7-3-4-8-15)10-21-14(18-19-20-21)12-9-11(16)5-6-13(12)17/h5-6,9H,2-4,7-8,10,17H2,1H3. The minimum absolute atomic E-state index is 0.317. The molecule has 2 N–H and O–H groups in total. The van der Waals surface area contributed by atoms with Crippen LogP contribution >= 0.6 is 11.6 Å². The van der Waals surface area contributed by atoms with E-state index in [4.69, 9.17) is 17.3 Å². The van der Waals surface area contributed by atoms with E-state index in [9.17, 15) is 0 Å². The Hall–Kier alpha value is -1.62. The zero-order chi connectivity index (χ0) is 14.9. The molecular weight excluding hydrogens is 286 g/mol. The molecule has 1 aliphatic rings. The highest BCUT2D eigenvalue weighted by atomic mass is 35.5. The number of aromatic nitrogens is 4. The molecule has 112 valence electrons. The molecule has 0 amide bonds. The highest BCUT2D eigenvalue weighted by Gasteiger charge is 2.33. The summed E-state index contributed by atoms with van der Waals surface area (Å²) in [6, 6.07) is 5.40. The Morgan fingerprint density at radius 2 is 2.10 bits per heavy atom. The third-order valence-corrected chi connectivity index (χ3v) is 4.92. The second-order valence-electron chi connectivity index (χ2n) is 5.95. The van der Waals surface area contributed by atoms with Crippen LogP contribution in [-0.2, 0) is 6.54 Å². The molecule has 0 saturated heterocycles. The van der Waals surface area contributed by atoms with Gasteiger partial charge < -0.3 is 5.73 Å². The fourth-order valence-corrected chi connectivity index (χ4v) is 3.46. The van der Waals surface area contributed by atoms with E-state index in [0.717, 1.165) is 18.5 Å². The van der Waals surface area contributed by atoms with Gasteiger partial charge in [-0.1, -0.05) is 31.4 Å². The number of nitrogen functional groups attached to an aromatic ring is 1. The average molecular weight is 306 g/mol. The van der Waals surface area contributed by atoms with E-state index in [1.165, 1.54) is 25.7 Å². The van der Waals surface area contributed by atoms with Gasteiger partial charge in [-0.3, -0.25) is 0 Å². The van der Waals surface area contributed by atoms with E-state index in [2.05, 4.69) is 22.4 Å². The van der Waals surface area contributed by atoms with Crippen molar-refractivity contribution in [3.8, 4) is 11.4 Å². The number of hydrogen-bond acceptors (Lipinski definition) is 4. The smallest absolute Gasteiger partial charge is 0.184 e. The molecule has 0 radical (unpaired) electrons. The van der Waals surface area contributed by atoms with Crippen LogP contribution in [0.5, 0.6) is 0 Å². The SMILES string of the molecule is CCC1(Cn2nnnc2-c2cc(Cl)ccc2N)CCCC1. The fraction of sp³-hybridized carbons (Fsp3) is 0.533. The second-order valence-corrected chi connectivity index (χ2v) is 6.39. The molecule has 0 spiro atoms. The molecule has 1 saturated carbocycles. The van der Waals surface area contributed by atoms with Crippen molar-refractivity contribution in [2.75, 3.05) is 5.73 Å². The second kappa shape index (κ2) is 5.64. The summed E-state index contributed by atoms with van der Waals surface area (Å²) in [4.78, 5) is 0. The molecular formula is C15H20ClN5. The van der Waals surface area contributed by atoms with Crippen LogP contribution < -0.4 is 5.73 Å². The minimum Gasteiger partial charge on any atom is -0.398 e. The summed E-state index contributed by atoms with van der Waals surface area (Å²) in [6.07, 6.45) is 6.23. The van der Waals surface area contributed by atoms with Gasteiger partial charge in [0.2, 0.25) is 0 Å². The zero-order valence-electron chi connectivity index (χ0n) is 12.2. The van der Waals surface area contributed by atoms with Gasteiger partial charge in [-0.2, -0.15) is 0 Å². The first-order chi connectivity index (χ1) is 10.1. The van der Waals surface area contributed by atoms with Crippen LogP contribution in [0.25, 0.3) is 11.4 Å². The molecule has 1 fully saturated rings. The monoisotopic (exact) mass is 305 g/mol. The summed E-state index contributed by atoms with van der Waals surface area (Å²) >= 11 is 6.08. The van der Waals surface area contributed by atoms with Gasteiger partial charge in [0.15, 0.2) is 5.82 Å². The Morgan fingerprint density at radius 3 is 2.81 bits per heavy atom.